The predicted molar refractivity (Wildman–Crippen MR) is 116 cm³/mol. The number of rotatable bonds is 3. The number of amides is 1. The van der Waals surface area contributed by atoms with Gasteiger partial charge in [-0.1, -0.05) is 82.8 Å². The first-order valence-electron chi connectivity index (χ1n) is 8.26. The highest BCUT2D eigenvalue weighted by Gasteiger charge is 2.53. The molecule has 7 heteroatoms. The number of anilines is 1. The maximum absolute atomic E-state index is 13.4. The van der Waals surface area contributed by atoms with Crippen molar-refractivity contribution in [3.8, 4) is 0 Å². The standard InChI is InChI=1S/C21H12Cl4N2O/c22-13-9-16(25)18-17(10-13)27-20(28)21(18,12-6-7-14(23)15(24)8-12)19(26)11-4-2-1-3-5-11/h1-10,26H,(H,27,28). The molecule has 1 unspecified atom stereocenters. The molecule has 0 radical (unpaired) electrons. The number of benzene rings is 3. The Morgan fingerprint density at radius 3 is 2.25 bits per heavy atom. The van der Waals surface area contributed by atoms with Gasteiger partial charge in [0.2, 0.25) is 5.91 Å². The molecule has 0 fully saturated rings. The summed E-state index contributed by atoms with van der Waals surface area (Å²) in [7, 11) is 0. The van der Waals surface area contributed by atoms with Gasteiger partial charge in [0.05, 0.1) is 15.8 Å². The molecule has 0 aromatic heterocycles. The van der Waals surface area contributed by atoms with Crippen LogP contribution in [0.1, 0.15) is 16.7 Å². The van der Waals surface area contributed by atoms with Crippen molar-refractivity contribution in [1.29, 1.82) is 5.41 Å². The van der Waals surface area contributed by atoms with Crippen molar-refractivity contribution in [3.05, 3.63) is 97.4 Å². The van der Waals surface area contributed by atoms with Gasteiger partial charge in [-0.2, -0.15) is 0 Å². The van der Waals surface area contributed by atoms with Crippen molar-refractivity contribution in [3.63, 3.8) is 0 Å². The zero-order valence-corrected chi connectivity index (χ0v) is 17.2. The van der Waals surface area contributed by atoms with Gasteiger partial charge in [-0.3, -0.25) is 4.79 Å². The lowest BCUT2D eigenvalue weighted by Crippen LogP contribution is -2.44. The summed E-state index contributed by atoms with van der Waals surface area (Å²) in [6.45, 7) is 0. The van der Waals surface area contributed by atoms with Crippen LogP contribution < -0.4 is 5.32 Å². The molecule has 0 aliphatic carbocycles. The van der Waals surface area contributed by atoms with Crippen molar-refractivity contribution in [2.75, 3.05) is 5.32 Å². The van der Waals surface area contributed by atoms with E-state index in [4.69, 9.17) is 51.8 Å². The highest BCUT2D eigenvalue weighted by Crippen LogP contribution is 2.50. The number of carbonyl (C=O) groups is 1. The van der Waals surface area contributed by atoms with Crippen LogP contribution in [0, 0.1) is 5.41 Å². The maximum Gasteiger partial charge on any atom is 0.245 e. The first-order valence-corrected chi connectivity index (χ1v) is 9.78. The topological polar surface area (TPSA) is 53.0 Å². The van der Waals surface area contributed by atoms with Crippen LogP contribution in [0.15, 0.2) is 60.7 Å². The van der Waals surface area contributed by atoms with Gasteiger partial charge < -0.3 is 10.7 Å². The number of halogens is 4. The zero-order chi connectivity index (χ0) is 20.1. The highest BCUT2D eigenvalue weighted by atomic mass is 35.5. The first kappa shape index (κ1) is 19.3. The summed E-state index contributed by atoms with van der Waals surface area (Å²) in [5, 5.41) is 13.2. The summed E-state index contributed by atoms with van der Waals surface area (Å²) in [6.07, 6.45) is 0. The third kappa shape index (κ3) is 2.82. The Labute approximate surface area is 181 Å². The van der Waals surface area contributed by atoms with E-state index in [1.54, 1.807) is 42.5 Å². The Balaban J connectivity index is 2.09. The predicted octanol–water partition coefficient (Wildman–Crippen LogP) is 6.61. The minimum Gasteiger partial charge on any atom is -0.324 e. The van der Waals surface area contributed by atoms with Crippen molar-refractivity contribution >= 4 is 63.7 Å². The second-order valence-corrected chi connectivity index (χ2v) is 8.04. The van der Waals surface area contributed by atoms with E-state index >= 15 is 0 Å². The molecule has 0 saturated carbocycles. The molecule has 1 amide bonds. The number of hydrogen-bond donors (Lipinski definition) is 2. The largest absolute Gasteiger partial charge is 0.324 e. The van der Waals surface area contributed by atoms with Crippen molar-refractivity contribution in [2.24, 2.45) is 0 Å². The van der Waals surface area contributed by atoms with Crippen LogP contribution in [0.5, 0.6) is 0 Å². The van der Waals surface area contributed by atoms with Crippen LogP contribution in [0.3, 0.4) is 0 Å². The molecular weight excluding hydrogens is 438 g/mol. The monoisotopic (exact) mass is 448 g/mol. The minimum absolute atomic E-state index is 0.0759. The van der Waals surface area contributed by atoms with Crippen LogP contribution in [0.25, 0.3) is 0 Å². The van der Waals surface area contributed by atoms with Gasteiger partial charge in [0.25, 0.3) is 0 Å². The number of fused-ring (bicyclic) bond motifs is 1. The molecule has 1 atom stereocenters. The lowest BCUT2D eigenvalue weighted by molar-refractivity contribution is -0.117. The van der Waals surface area contributed by atoms with Gasteiger partial charge in [0.15, 0.2) is 0 Å². The second-order valence-electron chi connectivity index (χ2n) is 6.38. The molecule has 1 aliphatic rings. The van der Waals surface area contributed by atoms with E-state index in [1.165, 1.54) is 0 Å². The third-order valence-corrected chi connectivity index (χ3v) is 6.06. The molecule has 3 aromatic carbocycles. The summed E-state index contributed by atoms with van der Waals surface area (Å²) < 4.78 is 0. The van der Waals surface area contributed by atoms with Gasteiger partial charge >= 0.3 is 0 Å². The van der Waals surface area contributed by atoms with E-state index < -0.39 is 11.3 Å². The van der Waals surface area contributed by atoms with Gasteiger partial charge in [-0.05, 0) is 35.4 Å². The molecule has 140 valence electrons. The highest BCUT2D eigenvalue weighted by molar-refractivity contribution is 6.42. The minimum atomic E-state index is -1.49. The first-order chi connectivity index (χ1) is 13.4. The number of nitrogens with one attached hydrogen (secondary N) is 2. The van der Waals surface area contributed by atoms with Crippen molar-refractivity contribution < 1.29 is 4.79 Å². The van der Waals surface area contributed by atoms with Crippen LogP contribution >= 0.6 is 46.4 Å². The van der Waals surface area contributed by atoms with Crippen molar-refractivity contribution in [1.82, 2.24) is 0 Å². The van der Waals surface area contributed by atoms with Crippen LogP contribution in [-0.4, -0.2) is 11.6 Å². The SMILES string of the molecule is N=C(c1ccccc1)C1(c2ccc(Cl)c(Cl)c2)C(=O)Nc2cc(Cl)cc(Cl)c21. The molecule has 3 nitrogen and oxygen atoms in total. The summed E-state index contributed by atoms with van der Waals surface area (Å²) in [6, 6.07) is 17.1. The molecule has 0 saturated heterocycles. The van der Waals surface area contributed by atoms with Gasteiger partial charge in [0.1, 0.15) is 5.41 Å². The number of hydrogen-bond acceptors (Lipinski definition) is 2. The fourth-order valence-corrected chi connectivity index (χ4v) is 4.53. The third-order valence-electron chi connectivity index (χ3n) is 4.81. The molecule has 0 bridgehead atoms. The average Bonchev–Trinajstić information content (AvgIpc) is 2.96. The lowest BCUT2D eigenvalue weighted by Gasteiger charge is -2.30. The van der Waals surface area contributed by atoms with Gasteiger partial charge in [-0.25, -0.2) is 0 Å². The van der Waals surface area contributed by atoms with E-state index in [-0.39, 0.29) is 15.8 Å². The van der Waals surface area contributed by atoms with Crippen molar-refractivity contribution in [2.45, 2.75) is 5.41 Å². The molecular formula is C21H12Cl4N2O. The van der Waals surface area contributed by atoms with Crippen LogP contribution in [-0.2, 0) is 10.2 Å². The lowest BCUT2D eigenvalue weighted by atomic mass is 9.69. The Bertz CT molecular complexity index is 1130. The van der Waals surface area contributed by atoms with Gasteiger partial charge in [-0.15, -0.1) is 0 Å². The molecule has 1 heterocycles. The maximum atomic E-state index is 13.4. The number of carbonyl (C=O) groups excluding carboxylic acids is 1. The zero-order valence-electron chi connectivity index (χ0n) is 14.2. The molecule has 2 N–H and O–H groups in total. The van der Waals surface area contributed by atoms with Crippen LogP contribution in [0.2, 0.25) is 20.1 Å². The fraction of sp³-hybridized carbons (Fsp3) is 0.0476. The molecule has 1 aliphatic heterocycles. The smallest absolute Gasteiger partial charge is 0.245 e. The fourth-order valence-electron chi connectivity index (χ4n) is 3.59. The summed E-state index contributed by atoms with van der Waals surface area (Å²) in [5.74, 6) is -0.404. The molecule has 4 rings (SSSR count). The molecule has 28 heavy (non-hydrogen) atoms. The van der Waals surface area contributed by atoms with E-state index in [0.29, 0.717) is 32.4 Å². The summed E-state index contributed by atoms with van der Waals surface area (Å²) in [5.41, 5.74) is 0.600. The Kier molecular flexibility index (Phi) is 4.88. The quantitative estimate of drug-likeness (QED) is 0.434. The Morgan fingerprint density at radius 2 is 1.57 bits per heavy atom. The van der Waals surface area contributed by atoms with E-state index in [1.807, 2.05) is 18.2 Å². The average molecular weight is 450 g/mol. The van der Waals surface area contributed by atoms with E-state index in [9.17, 15) is 4.79 Å². The normalized spacial score (nSPS) is 17.9. The molecule has 0 spiro atoms. The second kappa shape index (κ2) is 7.09. The summed E-state index contributed by atoms with van der Waals surface area (Å²) >= 11 is 25.0. The van der Waals surface area contributed by atoms with E-state index in [0.717, 1.165) is 0 Å². The van der Waals surface area contributed by atoms with Crippen LogP contribution in [0.4, 0.5) is 5.69 Å². The van der Waals surface area contributed by atoms with Gasteiger partial charge in [0, 0.05) is 21.3 Å². The summed E-state index contributed by atoms with van der Waals surface area (Å²) in [4.78, 5) is 13.4. The Hall–Kier alpha value is -2.04. The Morgan fingerprint density at radius 1 is 0.857 bits per heavy atom. The van der Waals surface area contributed by atoms with E-state index in [2.05, 4.69) is 5.32 Å². The molecule has 3 aromatic rings.